The second-order valence-electron chi connectivity index (χ2n) is 5.85. The fraction of sp³-hybridized carbons (Fsp3) is 0.278. The summed E-state index contributed by atoms with van der Waals surface area (Å²) < 4.78 is 22.4. The zero-order chi connectivity index (χ0) is 19.9. The number of halogens is 3. The Morgan fingerprint density at radius 1 is 1.32 bits per heavy atom. The highest BCUT2D eigenvalue weighted by atomic mass is 79.9. The number of aryl methyl sites for hydroxylation is 1. The minimum Gasteiger partial charge on any atom is -0.488 e. The Kier molecular flexibility index (Phi) is 7.66. The normalized spacial score (nSPS) is 11.0. The first-order chi connectivity index (χ1) is 13.5. The minimum atomic E-state index is -0.375. The number of tetrazole rings is 1. The molecule has 1 heterocycles. The largest absolute Gasteiger partial charge is 0.488 e. The Morgan fingerprint density at radius 3 is 2.93 bits per heavy atom. The third-order valence-electron chi connectivity index (χ3n) is 3.86. The molecule has 0 unspecified atom stereocenters. The summed E-state index contributed by atoms with van der Waals surface area (Å²) in [7, 11) is 1.81. The molecular weight excluding hydrogens is 469 g/mol. The molecule has 1 N–H and O–H groups in total. The lowest BCUT2D eigenvalue weighted by atomic mass is 10.2. The third kappa shape index (κ3) is 5.66. The average Bonchev–Trinajstić information content (AvgIpc) is 3.07. The van der Waals surface area contributed by atoms with E-state index < -0.39 is 0 Å². The molecule has 0 saturated carbocycles. The Morgan fingerprint density at radius 2 is 2.18 bits per heavy atom. The number of thioether (sulfide) groups is 1. The van der Waals surface area contributed by atoms with Crippen molar-refractivity contribution in [1.29, 1.82) is 0 Å². The van der Waals surface area contributed by atoms with E-state index in [1.807, 2.05) is 25.2 Å². The number of nitrogens with zero attached hydrogens (tertiary/aromatic N) is 4. The van der Waals surface area contributed by atoms with Gasteiger partial charge >= 0.3 is 0 Å². The summed E-state index contributed by atoms with van der Waals surface area (Å²) in [6, 6.07) is 10.3. The van der Waals surface area contributed by atoms with Crippen LogP contribution in [0.3, 0.4) is 0 Å². The fourth-order valence-corrected chi connectivity index (χ4v) is 3.80. The smallest absolute Gasteiger partial charge is 0.209 e. The molecule has 3 rings (SSSR count). The number of hydrogen-bond acceptors (Lipinski definition) is 6. The van der Waals surface area contributed by atoms with Crippen molar-refractivity contribution >= 4 is 39.3 Å². The third-order valence-corrected chi connectivity index (χ3v) is 5.72. The fourth-order valence-electron chi connectivity index (χ4n) is 2.43. The average molecular weight is 487 g/mol. The lowest BCUT2D eigenvalue weighted by Crippen LogP contribution is -2.17. The molecule has 148 valence electrons. The van der Waals surface area contributed by atoms with Gasteiger partial charge in [0.05, 0.1) is 5.02 Å². The first-order valence-corrected chi connectivity index (χ1v) is 10.6. The summed E-state index contributed by atoms with van der Waals surface area (Å²) >= 11 is 11.1. The van der Waals surface area contributed by atoms with Gasteiger partial charge in [-0.05, 0) is 40.8 Å². The molecule has 0 spiro atoms. The lowest BCUT2D eigenvalue weighted by Gasteiger charge is -2.14. The van der Waals surface area contributed by atoms with Crippen LogP contribution in [-0.2, 0) is 20.2 Å². The van der Waals surface area contributed by atoms with Gasteiger partial charge in [-0.2, -0.15) is 0 Å². The van der Waals surface area contributed by atoms with E-state index in [0.29, 0.717) is 22.9 Å². The molecule has 3 aromatic rings. The van der Waals surface area contributed by atoms with Gasteiger partial charge in [0.25, 0.3) is 0 Å². The zero-order valence-electron chi connectivity index (χ0n) is 15.0. The van der Waals surface area contributed by atoms with E-state index >= 15 is 0 Å². The van der Waals surface area contributed by atoms with E-state index in [1.165, 1.54) is 6.07 Å². The van der Waals surface area contributed by atoms with Crippen LogP contribution < -0.4 is 10.1 Å². The van der Waals surface area contributed by atoms with E-state index in [9.17, 15) is 4.39 Å². The van der Waals surface area contributed by atoms with Crippen LogP contribution in [0.5, 0.6) is 5.75 Å². The number of ether oxygens (including phenoxy) is 1. The molecule has 6 nitrogen and oxygen atoms in total. The summed E-state index contributed by atoms with van der Waals surface area (Å²) in [5, 5.41) is 15.8. The van der Waals surface area contributed by atoms with Crippen LogP contribution in [0.1, 0.15) is 11.1 Å². The maximum atomic E-state index is 13.9. The quantitative estimate of drug-likeness (QED) is 0.361. The van der Waals surface area contributed by atoms with Gasteiger partial charge in [0.15, 0.2) is 0 Å². The highest BCUT2D eigenvalue weighted by molar-refractivity contribution is 9.10. The Hall–Kier alpha value is -1.68. The van der Waals surface area contributed by atoms with Crippen molar-refractivity contribution in [2.75, 3.05) is 12.3 Å². The van der Waals surface area contributed by atoms with E-state index in [4.69, 9.17) is 16.3 Å². The SMILES string of the molecule is Cn1nnnc1SCCNCc1cc(Br)ccc1OCc1c(F)cccc1Cl. The zero-order valence-corrected chi connectivity index (χ0v) is 18.2. The summed E-state index contributed by atoms with van der Waals surface area (Å²) in [6.45, 7) is 1.44. The van der Waals surface area contributed by atoms with Gasteiger partial charge in [0.1, 0.15) is 18.2 Å². The maximum absolute atomic E-state index is 13.9. The predicted octanol–water partition coefficient (Wildman–Crippen LogP) is 4.23. The summed E-state index contributed by atoms with van der Waals surface area (Å²) in [5.41, 5.74) is 1.31. The van der Waals surface area contributed by atoms with Gasteiger partial charge in [-0.1, -0.05) is 45.4 Å². The van der Waals surface area contributed by atoms with Crippen LogP contribution in [-0.4, -0.2) is 32.5 Å². The minimum absolute atomic E-state index is 0.0646. The van der Waals surface area contributed by atoms with Gasteiger partial charge in [0.2, 0.25) is 5.16 Å². The lowest BCUT2D eigenvalue weighted by molar-refractivity contribution is 0.296. The molecule has 1 aromatic heterocycles. The molecule has 0 fully saturated rings. The molecule has 0 amide bonds. The molecule has 0 bridgehead atoms. The van der Waals surface area contributed by atoms with Crippen molar-refractivity contribution in [3.8, 4) is 5.75 Å². The van der Waals surface area contributed by atoms with E-state index in [0.717, 1.165) is 27.5 Å². The van der Waals surface area contributed by atoms with E-state index in [2.05, 4.69) is 36.8 Å². The van der Waals surface area contributed by atoms with Crippen molar-refractivity contribution < 1.29 is 9.13 Å². The van der Waals surface area contributed by atoms with E-state index in [1.54, 1.807) is 28.6 Å². The number of rotatable bonds is 9. The summed E-state index contributed by atoms with van der Waals surface area (Å²) in [5.74, 6) is 1.13. The van der Waals surface area contributed by atoms with Crippen LogP contribution in [0.4, 0.5) is 4.39 Å². The maximum Gasteiger partial charge on any atom is 0.209 e. The Bertz CT molecular complexity index is 922. The Balaban J connectivity index is 1.55. The van der Waals surface area contributed by atoms with Crippen LogP contribution in [0.15, 0.2) is 46.0 Å². The van der Waals surface area contributed by atoms with Crippen molar-refractivity contribution in [3.63, 3.8) is 0 Å². The molecule has 2 aromatic carbocycles. The monoisotopic (exact) mass is 485 g/mol. The van der Waals surface area contributed by atoms with E-state index in [-0.39, 0.29) is 12.4 Å². The van der Waals surface area contributed by atoms with Crippen LogP contribution in [0.25, 0.3) is 0 Å². The number of hydrogen-bond donors (Lipinski definition) is 1. The molecule has 0 aliphatic carbocycles. The summed E-state index contributed by atoms with van der Waals surface area (Å²) in [4.78, 5) is 0. The van der Waals surface area contributed by atoms with Crippen LogP contribution >= 0.6 is 39.3 Å². The molecule has 0 saturated heterocycles. The predicted molar refractivity (Wildman–Crippen MR) is 111 cm³/mol. The van der Waals surface area contributed by atoms with Crippen molar-refractivity contribution in [1.82, 2.24) is 25.5 Å². The number of nitrogens with one attached hydrogen (secondary N) is 1. The molecule has 28 heavy (non-hydrogen) atoms. The highest BCUT2D eigenvalue weighted by Crippen LogP contribution is 2.26. The molecule has 0 aliphatic heterocycles. The molecule has 0 atom stereocenters. The van der Waals surface area contributed by atoms with Crippen molar-refractivity contribution in [2.24, 2.45) is 7.05 Å². The van der Waals surface area contributed by atoms with Crippen LogP contribution in [0, 0.1) is 5.82 Å². The van der Waals surface area contributed by atoms with Gasteiger partial charge in [-0.15, -0.1) is 5.10 Å². The summed E-state index contributed by atoms with van der Waals surface area (Å²) in [6.07, 6.45) is 0. The number of aromatic nitrogens is 4. The van der Waals surface area contributed by atoms with Gasteiger partial charge in [0, 0.05) is 41.5 Å². The first-order valence-electron chi connectivity index (χ1n) is 8.44. The molecule has 0 radical (unpaired) electrons. The standard InChI is InChI=1S/C18H18BrClFN5OS/c1-26-18(23-24-25-26)28-8-7-22-10-12-9-13(19)5-6-17(12)27-11-14-15(20)3-2-4-16(14)21/h2-6,9,22H,7-8,10-11H2,1H3. The Labute approximate surface area is 179 Å². The topological polar surface area (TPSA) is 64.9 Å². The van der Waals surface area contributed by atoms with Crippen LogP contribution in [0.2, 0.25) is 5.02 Å². The highest BCUT2D eigenvalue weighted by Gasteiger charge is 2.10. The second kappa shape index (κ2) is 10.2. The first kappa shape index (κ1) is 21.0. The van der Waals surface area contributed by atoms with Crippen molar-refractivity contribution in [2.45, 2.75) is 18.3 Å². The van der Waals surface area contributed by atoms with Gasteiger partial charge < -0.3 is 10.1 Å². The molecule has 10 heteroatoms. The van der Waals surface area contributed by atoms with Gasteiger partial charge in [-0.3, -0.25) is 0 Å². The van der Waals surface area contributed by atoms with Crippen molar-refractivity contribution in [3.05, 3.63) is 62.8 Å². The second-order valence-corrected chi connectivity index (χ2v) is 8.24. The molecule has 0 aliphatic rings. The van der Waals surface area contributed by atoms with Gasteiger partial charge in [-0.25, -0.2) is 9.07 Å². The molecular formula is C18H18BrClFN5OS. The number of benzene rings is 2.